The number of fused-ring (bicyclic) bond motifs is 2. The maximum absolute atomic E-state index is 12.9. The van der Waals surface area contributed by atoms with Crippen molar-refractivity contribution in [3.05, 3.63) is 76.5 Å². The van der Waals surface area contributed by atoms with Gasteiger partial charge in [0.25, 0.3) is 23.1 Å². The van der Waals surface area contributed by atoms with Crippen LogP contribution in [0.1, 0.15) is 32.3 Å². The summed E-state index contributed by atoms with van der Waals surface area (Å²) in [5, 5.41) is 0.603. The number of nitrogens with zero attached hydrogens (tertiary/aromatic N) is 7. The first kappa shape index (κ1) is 30.4. The molecule has 0 unspecified atom stereocenters. The molecule has 0 aliphatic carbocycles. The molecule has 224 valence electrons. The van der Waals surface area contributed by atoms with Crippen LogP contribution in [-0.2, 0) is 33.7 Å². The Bertz CT molecular complexity index is 1980. The zero-order valence-corrected chi connectivity index (χ0v) is 25.1. The van der Waals surface area contributed by atoms with E-state index in [9.17, 15) is 19.2 Å². The number of aryl methyl sites for hydroxylation is 4. The molecular weight excluding hydrogens is 568 g/mol. The number of methoxy groups -OCH3 is 2. The summed E-state index contributed by atoms with van der Waals surface area (Å²) in [6.07, 6.45) is 1.52. The first-order valence-electron chi connectivity index (χ1n) is 13.3. The van der Waals surface area contributed by atoms with E-state index < -0.39 is 11.2 Å². The van der Waals surface area contributed by atoms with Crippen molar-refractivity contribution in [2.24, 2.45) is 14.1 Å². The van der Waals surface area contributed by atoms with Gasteiger partial charge in [0.05, 0.1) is 20.8 Å². The van der Waals surface area contributed by atoms with E-state index in [-0.39, 0.29) is 17.8 Å². The minimum absolute atomic E-state index is 0.169. The Labute approximate surface area is 244 Å². The third-order valence-corrected chi connectivity index (χ3v) is 6.94. The van der Waals surface area contributed by atoms with Crippen LogP contribution in [0, 0.1) is 0 Å². The number of rotatable bonds is 8. The molecule has 5 aromatic rings. The Balaban J connectivity index is 0.000000208. The lowest BCUT2D eigenvalue weighted by molar-refractivity contribution is 0.368. The molecule has 0 saturated carbocycles. The molecule has 0 saturated heterocycles. The fraction of sp³-hybridized carbons (Fsp3) is 0.407. The van der Waals surface area contributed by atoms with Crippen molar-refractivity contribution in [3.63, 3.8) is 0 Å². The van der Waals surface area contributed by atoms with Gasteiger partial charge in [0.2, 0.25) is 0 Å². The summed E-state index contributed by atoms with van der Waals surface area (Å²) in [6.45, 7) is 5.06. The molecule has 0 radical (unpaired) electrons. The highest BCUT2D eigenvalue weighted by Gasteiger charge is 2.20. The Morgan fingerprint density at radius 2 is 1.31 bits per heavy atom. The summed E-state index contributed by atoms with van der Waals surface area (Å²) in [5.74, 6) is 0. The highest BCUT2D eigenvalue weighted by molar-refractivity contribution is 6.30. The molecule has 4 aromatic heterocycles. The Morgan fingerprint density at radius 3 is 1.86 bits per heavy atom. The molecule has 0 aliphatic rings. The van der Waals surface area contributed by atoms with Crippen molar-refractivity contribution >= 4 is 33.9 Å². The van der Waals surface area contributed by atoms with Gasteiger partial charge in [-0.05, 0) is 30.5 Å². The molecule has 1 N–H and O–H groups in total. The Morgan fingerprint density at radius 1 is 0.786 bits per heavy atom. The largest absolute Gasteiger partial charge is 0.468 e. The molecular formula is C27H33ClN8O6. The molecule has 5 rings (SSSR count). The summed E-state index contributed by atoms with van der Waals surface area (Å²) in [7, 11) is 6.32. The van der Waals surface area contributed by atoms with Crippen LogP contribution in [-0.4, -0.2) is 52.0 Å². The van der Waals surface area contributed by atoms with E-state index in [0.29, 0.717) is 52.5 Å². The monoisotopic (exact) mass is 600 g/mol. The van der Waals surface area contributed by atoms with Crippen LogP contribution in [0.4, 0.5) is 0 Å². The number of aromatic nitrogens is 8. The molecule has 14 nitrogen and oxygen atoms in total. The number of benzene rings is 1. The maximum Gasteiger partial charge on any atom is 0.333 e. The van der Waals surface area contributed by atoms with Gasteiger partial charge in [0.15, 0.2) is 22.3 Å². The van der Waals surface area contributed by atoms with Gasteiger partial charge in [-0.3, -0.25) is 37.4 Å². The maximum atomic E-state index is 12.9. The van der Waals surface area contributed by atoms with E-state index in [1.165, 1.54) is 32.5 Å². The lowest BCUT2D eigenvalue weighted by Gasteiger charge is -2.11. The number of imidazole rings is 2. The smallest absolute Gasteiger partial charge is 0.333 e. The Hall–Kier alpha value is -4.59. The van der Waals surface area contributed by atoms with Crippen molar-refractivity contribution in [1.82, 2.24) is 37.8 Å². The SMILES string of the molecule is CCCn1c(=O)[nH]c(=O)c2c1nc(OC)n2C.CCCn1c(=O)n(Cc2ccc(Cl)cc2)c(=O)c2c1nc(OC)n2C. The van der Waals surface area contributed by atoms with Crippen LogP contribution in [0.25, 0.3) is 22.3 Å². The fourth-order valence-corrected chi connectivity index (χ4v) is 4.83. The second-order valence-electron chi connectivity index (χ2n) is 9.52. The third kappa shape index (κ3) is 5.49. The van der Waals surface area contributed by atoms with Crippen LogP contribution in [0.3, 0.4) is 0 Å². The summed E-state index contributed by atoms with van der Waals surface area (Å²) in [4.78, 5) is 59.9. The van der Waals surface area contributed by atoms with Gasteiger partial charge in [0.1, 0.15) is 0 Å². The predicted molar refractivity (Wildman–Crippen MR) is 159 cm³/mol. The zero-order valence-electron chi connectivity index (χ0n) is 24.3. The number of H-pyrrole nitrogens is 1. The van der Waals surface area contributed by atoms with Gasteiger partial charge in [-0.25, -0.2) is 9.59 Å². The number of aromatic amines is 1. The van der Waals surface area contributed by atoms with E-state index in [0.717, 1.165) is 18.4 Å². The average molecular weight is 601 g/mol. The second kappa shape index (κ2) is 12.5. The van der Waals surface area contributed by atoms with Crippen molar-refractivity contribution in [3.8, 4) is 12.0 Å². The number of hydrogen-bond donors (Lipinski definition) is 1. The van der Waals surface area contributed by atoms with Gasteiger partial charge < -0.3 is 9.47 Å². The van der Waals surface area contributed by atoms with E-state index >= 15 is 0 Å². The normalized spacial score (nSPS) is 11.1. The first-order chi connectivity index (χ1) is 20.1. The molecule has 4 heterocycles. The van der Waals surface area contributed by atoms with Crippen molar-refractivity contribution in [1.29, 1.82) is 0 Å². The molecule has 15 heteroatoms. The summed E-state index contributed by atoms with van der Waals surface area (Å²) in [5.41, 5.74) is 0.564. The fourth-order valence-electron chi connectivity index (χ4n) is 4.70. The summed E-state index contributed by atoms with van der Waals surface area (Å²) >= 11 is 5.90. The van der Waals surface area contributed by atoms with Crippen LogP contribution < -0.4 is 32.0 Å². The summed E-state index contributed by atoms with van der Waals surface area (Å²) < 4.78 is 17.5. The second-order valence-corrected chi connectivity index (χ2v) is 9.96. The minimum atomic E-state index is -0.448. The molecule has 0 fully saturated rings. The van der Waals surface area contributed by atoms with Gasteiger partial charge >= 0.3 is 11.4 Å². The van der Waals surface area contributed by atoms with E-state index in [1.807, 2.05) is 13.8 Å². The number of hydrogen-bond acceptors (Lipinski definition) is 8. The lowest BCUT2D eigenvalue weighted by Crippen LogP contribution is -2.40. The van der Waals surface area contributed by atoms with E-state index in [1.54, 1.807) is 42.9 Å². The number of nitrogens with one attached hydrogen (secondary N) is 1. The van der Waals surface area contributed by atoms with E-state index in [2.05, 4.69) is 15.0 Å². The highest BCUT2D eigenvalue weighted by Crippen LogP contribution is 2.17. The van der Waals surface area contributed by atoms with Crippen molar-refractivity contribution < 1.29 is 9.47 Å². The van der Waals surface area contributed by atoms with Gasteiger partial charge in [-0.15, -0.1) is 0 Å². The molecule has 0 spiro atoms. The molecule has 0 bridgehead atoms. The predicted octanol–water partition coefficient (Wildman–Crippen LogP) is 1.86. The van der Waals surface area contributed by atoms with Crippen LogP contribution in [0.5, 0.6) is 12.0 Å². The quantitative estimate of drug-likeness (QED) is 0.283. The number of halogens is 1. The highest BCUT2D eigenvalue weighted by atomic mass is 35.5. The molecule has 0 amide bonds. The third-order valence-electron chi connectivity index (χ3n) is 6.69. The zero-order chi connectivity index (χ0) is 30.7. The topological polar surface area (TPSA) is 153 Å². The average Bonchev–Trinajstić information content (AvgIpc) is 3.49. The lowest BCUT2D eigenvalue weighted by atomic mass is 10.2. The van der Waals surface area contributed by atoms with Crippen LogP contribution in [0.2, 0.25) is 5.02 Å². The standard InChI is InChI=1S/C17H19ClN4O3.C10H14N4O3/c1-4-9-21-14-13(20(2)16(19-14)25-3)15(23)22(17(21)24)10-11-5-7-12(18)8-6-11;1-4-5-14-7-6(8(15)12-9(14)16)13(2)10(11-7)17-3/h5-8H,4,9-10H2,1-3H3;4-5H2,1-3H3,(H,12,15,16). The minimum Gasteiger partial charge on any atom is -0.468 e. The van der Waals surface area contributed by atoms with Crippen LogP contribution in [0.15, 0.2) is 43.4 Å². The molecule has 0 aliphatic heterocycles. The molecule has 0 atom stereocenters. The Kier molecular flexibility index (Phi) is 9.05. The van der Waals surface area contributed by atoms with Crippen molar-refractivity contribution in [2.45, 2.75) is 46.3 Å². The molecule has 1 aromatic carbocycles. The first-order valence-corrected chi connectivity index (χ1v) is 13.7. The van der Waals surface area contributed by atoms with Gasteiger partial charge in [0, 0.05) is 32.2 Å². The van der Waals surface area contributed by atoms with Crippen molar-refractivity contribution in [2.75, 3.05) is 14.2 Å². The van der Waals surface area contributed by atoms with Gasteiger partial charge in [-0.1, -0.05) is 37.6 Å². The summed E-state index contributed by atoms with van der Waals surface area (Å²) in [6, 6.07) is 7.66. The van der Waals surface area contributed by atoms with Crippen LogP contribution >= 0.6 is 11.6 Å². The number of ether oxygens (including phenoxy) is 2. The molecule has 42 heavy (non-hydrogen) atoms. The van der Waals surface area contributed by atoms with Gasteiger partial charge in [-0.2, -0.15) is 9.97 Å². The van der Waals surface area contributed by atoms with E-state index in [4.69, 9.17) is 21.1 Å².